The summed E-state index contributed by atoms with van der Waals surface area (Å²) in [6, 6.07) is 11.1. The van der Waals surface area contributed by atoms with Gasteiger partial charge in [-0.2, -0.15) is 0 Å². The Hall–Kier alpha value is -2.89. The van der Waals surface area contributed by atoms with E-state index in [1.165, 1.54) is 11.8 Å². The molecule has 0 aliphatic rings. The number of carbonyl (C=O) groups excluding carboxylic acids is 2. The third-order valence-corrected chi connectivity index (χ3v) is 4.10. The molecule has 0 radical (unpaired) electrons. The highest BCUT2D eigenvalue weighted by atomic mass is 16.5. The molecule has 144 valence electrons. The van der Waals surface area contributed by atoms with Crippen molar-refractivity contribution in [2.45, 2.75) is 33.3 Å². The summed E-state index contributed by atoms with van der Waals surface area (Å²) in [5.74, 6) is 0.447. The molecule has 1 heterocycles. The molecule has 6 heteroatoms. The van der Waals surface area contributed by atoms with Crippen molar-refractivity contribution in [3.05, 3.63) is 54.4 Å². The van der Waals surface area contributed by atoms with Gasteiger partial charge in [0.15, 0.2) is 0 Å². The van der Waals surface area contributed by atoms with Crippen molar-refractivity contribution in [3.8, 4) is 5.75 Å². The Labute approximate surface area is 160 Å². The first-order valence-corrected chi connectivity index (χ1v) is 9.04. The van der Waals surface area contributed by atoms with E-state index in [1.54, 1.807) is 36.5 Å². The number of ether oxygens (including phenoxy) is 1. The second kappa shape index (κ2) is 9.71. The predicted octanol–water partition coefficient (Wildman–Crippen LogP) is 2.92. The second-order valence-electron chi connectivity index (χ2n) is 6.69. The first kappa shape index (κ1) is 20.4. The molecule has 1 aromatic carbocycles. The minimum Gasteiger partial charge on any atom is -0.491 e. The number of carbonyl (C=O) groups is 2. The van der Waals surface area contributed by atoms with Crippen LogP contribution in [0.2, 0.25) is 0 Å². The van der Waals surface area contributed by atoms with Gasteiger partial charge in [0.25, 0.3) is 0 Å². The molecular weight excluding hydrogens is 342 g/mol. The van der Waals surface area contributed by atoms with E-state index in [4.69, 9.17) is 4.74 Å². The average Bonchev–Trinajstić information content (AvgIpc) is 2.65. The molecule has 0 atom stereocenters. The summed E-state index contributed by atoms with van der Waals surface area (Å²) >= 11 is 0. The Morgan fingerprint density at radius 2 is 1.70 bits per heavy atom. The molecule has 0 fully saturated rings. The lowest BCUT2D eigenvalue weighted by molar-refractivity contribution is -0.130. The highest BCUT2D eigenvalue weighted by molar-refractivity contribution is 5.97. The van der Waals surface area contributed by atoms with Gasteiger partial charge in [-0.1, -0.05) is 0 Å². The fourth-order valence-electron chi connectivity index (χ4n) is 2.59. The summed E-state index contributed by atoms with van der Waals surface area (Å²) in [6.07, 6.45) is 4.30. The monoisotopic (exact) mass is 369 g/mol. The number of hydrogen-bond donors (Lipinski definition) is 0. The summed E-state index contributed by atoms with van der Waals surface area (Å²) in [6.45, 7) is 5.96. The quantitative estimate of drug-likeness (QED) is 0.718. The summed E-state index contributed by atoms with van der Waals surface area (Å²) < 4.78 is 5.62. The maximum absolute atomic E-state index is 12.6. The number of benzene rings is 1. The molecule has 0 bridgehead atoms. The van der Waals surface area contributed by atoms with E-state index in [9.17, 15) is 9.59 Å². The highest BCUT2D eigenvalue weighted by Gasteiger charge is 2.18. The summed E-state index contributed by atoms with van der Waals surface area (Å²) in [7, 11) is 1.75. The molecule has 2 amide bonds. The molecule has 6 nitrogen and oxygen atoms in total. The van der Waals surface area contributed by atoms with Crippen LogP contribution in [-0.2, 0) is 16.0 Å². The molecule has 2 rings (SSSR count). The molecule has 2 aromatic rings. The molecule has 0 aliphatic heterocycles. The fraction of sp³-hybridized carbons (Fsp3) is 0.381. The molecule has 1 aromatic heterocycles. The number of pyridine rings is 1. The largest absolute Gasteiger partial charge is 0.491 e. The van der Waals surface area contributed by atoms with Gasteiger partial charge in [-0.15, -0.1) is 0 Å². The van der Waals surface area contributed by atoms with Crippen LogP contribution < -0.4 is 9.64 Å². The number of likely N-dealkylation sites (N-methyl/N-ethyl adjacent to an activating group) is 1. The van der Waals surface area contributed by atoms with Crippen molar-refractivity contribution in [2.24, 2.45) is 0 Å². The predicted molar refractivity (Wildman–Crippen MR) is 106 cm³/mol. The number of nitrogens with zero attached hydrogens (tertiary/aromatic N) is 3. The maximum Gasteiger partial charge on any atom is 0.242 e. The van der Waals surface area contributed by atoms with E-state index < -0.39 is 0 Å². The van der Waals surface area contributed by atoms with Crippen molar-refractivity contribution >= 4 is 17.5 Å². The lowest BCUT2D eigenvalue weighted by Gasteiger charge is -2.25. The van der Waals surface area contributed by atoms with Crippen LogP contribution in [0.25, 0.3) is 0 Å². The molecule has 27 heavy (non-hydrogen) atoms. The Morgan fingerprint density at radius 1 is 1.07 bits per heavy atom. The Kier molecular flexibility index (Phi) is 7.34. The van der Waals surface area contributed by atoms with Gasteiger partial charge in [-0.25, -0.2) is 0 Å². The van der Waals surface area contributed by atoms with E-state index in [0.29, 0.717) is 12.2 Å². The standard InChI is InChI=1S/C21H27N3O3/c1-16(2)27-20-7-5-19(6-8-20)24(17(3)25)15-21(26)23(4)14-11-18-9-12-22-13-10-18/h5-10,12-13,16H,11,14-15H2,1-4H3. The van der Waals surface area contributed by atoms with E-state index in [1.807, 2.05) is 38.1 Å². The Morgan fingerprint density at radius 3 is 2.26 bits per heavy atom. The first-order valence-electron chi connectivity index (χ1n) is 9.04. The van der Waals surface area contributed by atoms with E-state index in [0.717, 1.165) is 17.7 Å². The van der Waals surface area contributed by atoms with Gasteiger partial charge in [0.1, 0.15) is 12.3 Å². The topological polar surface area (TPSA) is 62.7 Å². The zero-order chi connectivity index (χ0) is 19.8. The van der Waals surface area contributed by atoms with Crippen LogP contribution in [0.3, 0.4) is 0 Å². The SMILES string of the molecule is CC(=O)N(CC(=O)N(C)CCc1ccncc1)c1ccc(OC(C)C)cc1. The maximum atomic E-state index is 12.6. The first-order chi connectivity index (χ1) is 12.9. The van der Waals surface area contributed by atoms with Gasteiger partial charge in [0, 0.05) is 38.6 Å². The smallest absolute Gasteiger partial charge is 0.242 e. The number of hydrogen-bond acceptors (Lipinski definition) is 4. The molecular formula is C21H27N3O3. The van der Waals surface area contributed by atoms with Crippen molar-refractivity contribution in [3.63, 3.8) is 0 Å². The lowest BCUT2D eigenvalue weighted by Crippen LogP contribution is -2.41. The van der Waals surface area contributed by atoms with Crippen LogP contribution in [0, 0.1) is 0 Å². The zero-order valence-corrected chi connectivity index (χ0v) is 16.4. The van der Waals surface area contributed by atoms with Gasteiger partial charge in [0.2, 0.25) is 11.8 Å². The third kappa shape index (κ3) is 6.40. The van der Waals surface area contributed by atoms with Crippen molar-refractivity contribution in [1.82, 2.24) is 9.88 Å². The lowest BCUT2D eigenvalue weighted by atomic mass is 10.2. The van der Waals surface area contributed by atoms with Crippen molar-refractivity contribution in [1.29, 1.82) is 0 Å². The van der Waals surface area contributed by atoms with Gasteiger partial charge in [0.05, 0.1) is 6.10 Å². The van der Waals surface area contributed by atoms with Gasteiger partial charge < -0.3 is 14.5 Å². The molecule has 0 aliphatic carbocycles. The Bertz CT molecular complexity index is 745. The van der Waals surface area contributed by atoms with Gasteiger partial charge in [-0.3, -0.25) is 14.6 Å². The van der Waals surface area contributed by atoms with Crippen LogP contribution >= 0.6 is 0 Å². The van der Waals surface area contributed by atoms with E-state index in [2.05, 4.69) is 4.98 Å². The minimum atomic E-state index is -0.177. The van der Waals surface area contributed by atoms with Crippen LogP contribution in [0.15, 0.2) is 48.8 Å². The highest BCUT2D eigenvalue weighted by Crippen LogP contribution is 2.20. The van der Waals surface area contributed by atoms with Gasteiger partial charge >= 0.3 is 0 Å². The number of rotatable bonds is 8. The normalized spacial score (nSPS) is 10.6. The summed E-state index contributed by atoms with van der Waals surface area (Å²) in [5.41, 5.74) is 1.79. The molecule has 0 spiro atoms. The minimum absolute atomic E-state index is 0.00651. The van der Waals surface area contributed by atoms with Crippen molar-refractivity contribution < 1.29 is 14.3 Å². The van der Waals surface area contributed by atoms with E-state index in [-0.39, 0.29) is 24.5 Å². The van der Waals surface area contributed by atoms with Crippen LogP contribution in [0.5, 0.6) is 5.75 Å². The van der Waals surface area contributed by atoms with Crippen LogP contribution in [-0.4, -0.2) is 47.9 Å². The zero-order valence-electron chi connectivity index (χ0n) is 16.4. The van der Waals surface area contributed by atoms with Crippen LogP contribution in [0.4, 0.5) is 5.69 Å². The fourth-order valence-corrected chi connectivity index (χ4v) is 2.59. The number of amides is 2. The Balaban J connectivity index is 1.98. The summed E-state index contributed by atoms with van der Waals surface area (Å²) in [4.78, 5) is 31.7. The average molecular weight is 369 g/mol. The second-order valence-corrected chi connectivity index (χ2v) is 6.69. The third-order valence-electron chi connectivity index (χ3n) is 4.10. The molecule has 0 saturated carbocycles. The van der Waals surface area contributed by atoms with Crippen LogP contribution in [0.1, 0.15) is 26.3 Å². The number of anilines is 1. The van der Waals surface area contributed by atoms with Crippen molar-refractivity contribution in [2.75, 3.05) is 25.0 Å². The molecule has 0 N–H and O–H groups in total. The molecule has 0 saturated heterocycles. The van der Waals surface area contributed by atoms with E-state index >= 15 is 0 Å². The molecule has 0 unspecified atom stereocenters. The van der Waals surface area contributed by atoms with Gasteiger partial charge in [-0.05, 0) is 62.2 Å². The number of aromatic nitrogens is 1. The summed E-state index contributed by atoms with van der Waals surface area (Å²) in [5, 5.41) is 0.